The normalized spacial score (nSPS) is 10.8. The van der Waals surface area contributed by atoms with E-state index in [1.165, 1.54) is 42.1 Å². The van der Waals surface area contributed by atoms with Crippen molar-refractivity contribution in [3.05, 3.63) is 42.5 Å². The van der Waals surface area contributed by atoms with Crippen molar-refractivity contribution in [3.63, 3.8) is 0 Å². The highest BCUT2D eigenvalue weighted by molar-refractivity contribution is 5.85. The van der Waals surface area contributed by atoms with Gasteiger partial charge in [-0.1, -0.05) is 56.5 Å². The summed E-state index contributed by atoms with van der Waals surface area (Å²) in [7, 11) is 0. The van der Waals surface area contributed by atoms with Gasteiger partial charge in [0, 0.05) is 24.8 Å². The molecule has 0 unspecified atom stereocenters. The van der Waals surface area contributed by atoms with Crippen molar-refractivity contribution in [1.82, 2.24) is 0 Å². The Morgan fingerprint density at radius 1 is 0.947 bits per heavy atom. The second-order valence-corrected chi connectivity index (χ2v) is 5.07. The summed E-state index contributed by atoms with van der Waals surface area (Å²) in [6.07, 6.45) is 5.26. The summed E-state index contributed by atoms with van der Waals surface area (Å²) < 4.78 is 0. The average molecular weight is 254 g/mol. The van der Waals surface area contributed by atoms with Crippen LogP contribution in [0.1, 0.15) is 39.5 Å². The van der Waals surface area contributed by atoms with Crippen LogP contribution in [0.4, 0.5) is 5.69 Å². The zero-order valence-electron chi connectivity index (χ0n) is 12.2. The summed E-state index contributed by atoms with van der Waals surface area (Å²) in [5.74, 6) is 0. The molecule has 0 saturated carbocycles. The fourth-order valence-electron chi connectivity index (χ4n) is 2.47. The third-order valence-electron chi connectivity index (χ3n) is 3.65. The summed E-state index contributed by atoms with van der Waals surface area (Å²) in [5, 5.41) is 2.49. The maximum Gasteiger partial charge on any atom is 0.0453 e. The Morgan fingerprint density at radius 2 is 1.79 bits per heavy atom. The quantitative estimate of drug-likeness (QED) is 0.625. The summed E-state index contributed by atoms with van der Waals surface area (Å²) in [6.45, 7) is 6.68. The van der Waals surface area contributed by atoms with Gasteiger partial charge in [-0.05, 0) is 30.2 Å². The van der Waals surface area contributed by atoms with Crippen molar-refractivity contribution in [2.24, 2.45) is 0 Å². The number of rotatable bonds is 7. The minimum atomic E-state index is 1.06. The maximum absolute atomic E-state index is 3.54. The van der Waals surface area contributed by atoms with E-state index in [-0.39, 0.29) is 0 Å². The first kappa shape index (κ1) is 13.9. The Kier molecular flexibility index (Phi) is 5.26. The van der Waals surface area contributed by atoms with Crippen molar-refractivity contribution in [2.45, 2.75) is 39.5 Å². The van der Waals surface area contributed by atoms with E-state index >= 15 is 0 Å². The molecule has 0 aliphatic heterocycles. The Hall–Kier alpha value is -1.50. The molecule has 0 heterocycles. The Bertz CT molecular complexity index is 504. The lowest BCUT2D eigenvalue weighted by molar-refractivity contribution is 0.649. The molecule has 2 rings (SSSR count). The lowest BCUT2D eigenvalue weighted by Gasteiger charge is -2.23. The monoisotopic (exact) mass is 254 g/mol. The van der Waals surface area contributed by atoms with Crippen LogP contribution in [0.5, 0.6) is 0 Å². The van der Waals surface area contributed by atoms with Gasteiger partial charge in [0.25, 0.3) is 0 Å². The number of anilines is 1. The Morgan fingerprint density at radius 3 is 2.58 bits per heavy atom. The highest BCUT2D eigenvalue weighted by Crippen LogP contribution is 2.21. The second kappa shape index (κ2) is 7.18. The molecule has 1 heteroatoms. The molecule has 101 valence electrons. The van der Waals surface area contributed by atoms with Gasteiger partial charge in [-0.3, -0.25) is 0 Å². The molecule has 2 aromatic carbocycles. The van der Waals surface area contributed by atoms with E-state index in [9.17, 15) is 0 Å². The summed E-state index contributed by atoms with van der Waals surface area (Å²) in [4.78, 5) is 2.43. The van der Waals surface area contributed by atoms with E-state index in [1.807, 2.05) is 0 Å². The van der Waals surface area contributed by atoms with Crippen molar-refractivity contribution in [1.29, 1.82) is 0 Å². The molecule has 1 radical (unpaired) electrons. The molecule has 0 aromatic heterocycles. The van der Waals surface area contributed by atoms with E-state index in [0.29, 0.717) is 0 Å². The van der Waals surface area contributed by atoms with Gasteiger partial charge in [-0.25, -0.2) is 0 Å². The third kappa shape index (κ3) is 3.73. The zero-order valence-corrected chi connectivity index (χ0v) is 12.2. The van der Waals surface area contributed by atoms with E-state index in [2.05, 4.69) is 61.2 Å². The summed E-state index contributed by atoms with van der Waals surface area (Å²) in [6, 6.07) is 16.4. The topological polar surface area (TPSA) is 3.24 Å². The largest absolute Gasteiger partial charge is 0.371 e. The predicted octanol–water partition coefficient (Wildman–Crippen LogP) is 5.05. The van der Waals surface area contributed by atoms with Gasteiger partial charge in [0.05, 0.1) is 0 Å². The van der Waals surface area contributed by atoms with Crippen LogP contribution >= 0.6 is 0 Å². The van der Waals surface area contributed by atoms with Gasteiger partial charge < -0.3 is 4.90 Å². The van der Waals surface area contributed by atoms with Crippen molar-refractivity contribution < 1.29 is 0 Å². The maximum atomic E-state index is 3.54. The predicted molar refractivity (Wildman–Crippen MR) is 84.8 cm³/mol. The number of hydrogen-bond donors (Lipinski definition) is 0. The van der Waals surface area contributed by atoms with E-state index in [4.69, 9.17) is 0 Å². The number of nitrogens with zero attached hydrogens (tertiary/aromatic N) is 1. The average Bonchev–Trinajstić information content (AvgIpc) is 2.47. The van der Waals surface area contributed by atoms with Crippen LogP contribution in [0.25, 0.3) is 10.8 Å². The molecule has 0 saturated heterocycles. The molecule has 0 spiro atoms. The molecule has 1 nitrogen and oxygen atoms in total. The molecular formula is C18H24N. The number of fused-ring (bicyclic) bond motifs is 1. The first-order valence-electron chi connectivity index (χ1n) is 7.51. The van der Waals surface area contributed by atoms with Crippen LogP contribution < -0.4 is 4.90 Å². The molecule has 0 bridgehead atoms. The minimum absolute atomic E-state index is 1.06. The molecule has 19 heavy (non-hydrogen) atoms. The standard InChI is InChI=1S/C18H24N/c1-3-5-6-9-14-19(4-2)18-13-12-16-10-7-8-11-17(16)15-18/h7-8,10-13H,3-6,9,14H2,1-2H3. The summed E-state index contributed by atoms with van der Waals surface area (Å²) in [5.41, 5.74) is 1.23. The van der Waals surface area contributed by atoms with Gasteiger partial charge in [-0.2, -0.15) is 0 Å². The van der Waals surface area contributed by atoms with Crippen LogP contribution in [0.3, 0.4) is 0 Å². The fraction of sp³-hybridized carbons (Fsp3) is 0.444. The van der Waals surface area contributed by atoms with Crippen molar-refractivity contribution in [2.75, 3.05) is 18.0 Å². The van der Waals surface area contributed by atoms with Gasteiger partial charge in [0.15, 0.2) is 0 Å². The first-order valence-corrected chi connectivity index (χ1v) is 7.51. The lowest BCUT2D eigenvalue weighted by Crippen LogP contribution is -2.23. The van der Waals surface area contributed by atoms with E-state index < -0.39 is 0 Å². The first-order chi connectivity index (χ1) is 9.35. The van der Waals surface area contributed by atoms with Crippen LogP contribution in [-0.2, 0) is 0 Å². The molecule has 2 aromatic rings. The Labute approximate surface area is 117 Å². The molecule has 0 amide bonds. The van der Waals surface area contributed by atoms with Gasteiger partial charge in [-0.15, -0.1) is 0 Å². The lowest BCUT2D eigenvalue weighted by atomic mass is 10.1. The molecule has 0 aliphatic carbocycles. The van der Waals surface area contributed by atoms with Gasteiger partial charge >= 0.3 is 0 Å². The van der Waals surface area contributed by atoms with Crippen LogP contribution in [0, 0.1) is 6.07 Å². The molecular weight excluding hydrogens is 230 g/mol. The summed E-state index contributed by atoms with van der Waals surface area (Å²) >= 11 is 0. The van der Waals surface area contributed by atoms with E-state index in [0.717, 1.165) is 13.1 Å². The zero-order chi connectivity index (χ0) is 13.5. The van der Waals surface area contributed by atoms with E-state index in [1.54, 1.807) is 0 Å². The molecule has 0 aliphatic rings. The van der Waals surface area contributed by atoms with Crippen molar-refractivity contribution in [3.8, 4) is 0 Å². The van der Waals surface area contributed by atoms with Crippen LogP contribution in [0.2, 0.25) is 0 Å². The number of unbranched alkanes of at least 4 members (excludes halogenated alkanes) is 3. The third-order valence-corrected chi connectivity index (χ3v) is 3.65. The minimum Gasteiger partial charge on any atom is -0.371 e. The van der Waals surface area contributed by atoms with Crippen LogP contribution in [0.15, 0.2) is 36.4 Å². The molecule has 0 N–H and O–H groups in total. The Balaban J connectivity index is 2.07. The number of benzene rings is 2. The smallest absolute Gasteiger partial charge is 0.0453 e. The van der Waals surface area contributed by atoms with Gasteiger partial charge in [0.2, 0.25) is 0 Å². The SMILES string of the molecule is CCCCCCN(CC)c1[c]c2ccccc2cc1. The van der Waals surface area contributed by atoms with Gasteiger partial charge in [0.1, 0.15) is 0 Å². The highest BCUT2D eigenvalue weighted by Gasteiger charge is 2.05. The highest BCUT2D eigenvalue weighted by atomic mass is 15.1. The fourth-order valence-corrected chi connectivity index (χ4v) is 2.47. The molecule has 0 atom stereocenters. The second-order valence-electron chi connectivity index (χ2n) is 5.07. The van der Waals surface area contributed by atoms with Crippen LogP contribution in [-0.4, -0.2) is 13.1 Å². The van der Waals surface area contributed by atoms with Crippen molar-refractivity contribution >= 4 is 16.5 Å². The number of hydrogen-bond acceptors (Lipinski definition) is 1. The molecule has 0 fully saturated rings.